The highest BCUT2D eigenvalue weighted by Crippen LogP contribution is 2.44. The number of hydrogen-bond acceptors (Lipinski definition) is 6. The Labute approximate surface area is 214 Å². The Morgan fingerprint density at radius 1 is 0.474 bits per heavy atom. The van der Waals surface area contributed by atoms with Gasteiger partial charge in [0.05, 0.1) is 0 Å². The summed E-state index contributed by atoms with van der Waals surface area (Å²) in [4.78, 5) is 50.6. The Bertz CT molecular complexity index is 2120. The summed E-state index contributed by atoms with van der Waals surface area (Å²) in [5.41, 5.74) is -0.320. The average molecular weight is 498 g/mol. The van der Waals surface area contributed by atoms with Crippen molar-refractivity contribution in [1.82, 2.24) is 0 Å². The van der Waals surface area contributed by atoms with Gasteiger partial charge in [-0.25, -0.2) is 0 Å². The van der Waals surface area contributed by atoms with Crippen molar-refractivity contribution in [3.05, 3.63) is 93.2 Å². The van der Waals surface area contributed by atoms with Crippen molar-refractivity contribution in [2.75, 3.05) is 0 Å². The molecule has 0 spiro atoms. The van der Waals surface area contributed by atoms with Crippen LogP contribution in [-0.4, -0.2) is 11.9 Å². The first-order chi connectivity index (χ1) is 18.3. The fourth-order valence-corrected chi connectivity index (χ4v) is 5.87. The smallest absolute Gasteiger partial charge is 0.308 e. The molecule has 7 aromatic rings. The summed E-state index contributed by atoms with van der Waals surface area (Å²) in [7, 11) is 0. The third kappa shape index (κ3) is 2.94. The molecule has 0 aliphatic carbocycles. The number of fused-ring (bicyclic) bond motifs is 6. The van der Waals surface area contributed by atoms with E-state index in [9.17, 15) is 19.2 Å². The van der Waals surface area contributed by atoms with Crippen LogP contribution in [0.4, 0.5) is 0 Å². The zero-order chi connectivity index (χ0) is 26.3. The molecule has 0 unspecified atom stereocenters. The van der Waals surface area contributed by atoms with E-state index in [0.29, 0.717) is 33.0 Å². The van der Waals surface area contributed by atoms with Gasteiger partial charge in [-0.2, -0.15) is 0 Å². The molecule has 7 rings (SSSR count). The molecule has 0 atom stereocenters. The highest BCUT2D eigenvalue weighted by molar-refractivity contribution is 6.41. The minimum Gasteiger partial charge on any atom is -0.427 e. The van der Waals surface area contributed by atoms with E-state index in [-0.39, 0.29) is 10.9 Å². The van der Waals surface area contributed by atoms with Gasteiger partial charge in [0.25, 0.3) is 0 Å². The summed E-state index contributed by atoms with van der Waals surface area (Å²) >= 11 is 0. The maximum absolute atomic E-state index is 13.8. The summed E-state index contributed by atoms with van der Waals surface area (Å²) < 4.78 is 10.5. The molecule has 6 heteroatoms. The Morgan fingerprint density at radius 2 is 0.842 bits per heavy atom. The topological polar surface area (TPSA) is 86.7 Å². The number of benzene rings is 7. The van der Waals surface area contributed by atoms with Crippen LogP contribution in [0.2, 0.25) is 0 Å². The number of esters is 2. The molecule has 0 aliphatic heterocycles. The van der Waals surface area contributed by atoms with Gasteiger partial charge < -0.3 is 9.47 Å². The van der Waals surface area contributed by atoms with Gasteiger partial charge in [0.15, 0.2) is 10.9 Å². The van der Waals surface area contributed by atoms with Gasteiger partial charge >= 0.3 is 11.9 Å². The Hall–Kier alpha value is -5.10. The van der Waals surface area contributed by atoms with Gasteiger partial charge in [0, 0.05) is 46.2 Å². The number of carbonyl (C=O) groups is 2. The SMILES string of the molecule is CC(=O)Oc1ccc2c(c1)c(=O)c1cccc3c1c2c1cccc2c(=O)c4cc(OC(C)=O)ccc4c3c21. The van der Waals surface area contributed by atoms with E-state index >= 15 is 0 Å². The lowest BCUT2D eigenvalue weighted by molar-refractivity contribution is -0.132. The lowest BCUT2D eigenvalue weighted by Crippen LogP contribution is -2.08. The number of hydrogen-bond donors (Lipinski definition) is 0. The average Bonchev–Trinajstić information content (AvgIpc) is 2.89. The predicted octanol–water partition coefficient (Wildman–Crippen LogP) is 6.05. The maximum Gasteiger partial charge on any atom is 0.308 e. The van der Waals surface area contributed by atoms with Crippen molar-refractivity contribution in [3.8, 4) is 11.5 Å². The molecular weight excluding hydrogens is 480 g/mol. The van der Waals surface area contributed by atoms with Crippen molar-refractivity contribution in [1.29, 1.82) is 0 Å². The fourth-order valence-electron chi connectivity index (χ4n) is 5.87. The van der Waals surface area contributed by atoms with Gasteiger partial charge in [-0.15, -0.1) is 0 Å². The first-order valence-corrected chi connectivity index (χ1v) is 12.1. The highest BCUT2D eigenvalue weighted by atomic mass is 16.5. The molecule has 0 bridgehead atoms. The van der Waals surface area contributed by atoms with Gasteiger partial charge in [-0.3, -0.25) is 19.2 Å². The highest BCUT2D eigenvalue weighted by Gasteiger charge is 2.21. The quantitative estimate of drug-likeness (QED) is 0.125. The molecule has 0 N–H and O–H groups in total. The van der Waals surface area contributed by atoms with E-state index in [2.05, 4.69) is 0 Å². The van der Waals surface area contributed by atoms with Crippen molar-refractivity contribution in [2.45, 2.75) is 13.8 Å². The minimum atomic E-state index is -0.466. The monoisotopic (exact) mass is 498 g/mol. The largest absolute Gasteiger partial charge is 0.427 e. The third-order valence-corrected chi connectivity index (χ3v) is 7.19. The van der Waals surface area contributed by atoms with Crippen LogP contribution in [0.15, 0.2) is 82.4 Å². The van der Waals surface area contributed by atoms with Crippen LogP contribution in [0, 0.1) is 0 Å². The summed E-state index contributed by atoms with van der Waals surface area (Å²) in [5, 5.41) is 8.50. The molecule has 0 saturated heterocycles. The summed E-state index contributed by atoms with van der Waals surface area (Å²) in [5.74, 6) is -0.329. The molecule has 0 aromatic heterocycles. The zero-order valence-corrected chi connectivity index (χ0v) is 20.4. The molecular formula is C32H18O6. The van der Waals surface area contributed by atoms with Crippen molar-refractivity contribution >= 4 is 76.6 Å². The van der Waals surface area contributed by atoms with Crippen LogP contribution in [-0.2, 0) is 9.59 Å². The molecule has 38 heavy (non-hydrogen) atoms. The molecule has 6 nitrogen and oxygen atoms in total. The second-order valence-corrected chi connectivity index (χ2v) is 9.47. The van der Waals surface area contributed by atoms with Crippen LogP contribution in [0.5, 0.6) is 11.5 Å². The summed E-state index contributed by atoms with van der Waals surface area (Å²) in [6.45, 7) is 2.63. The Kier molecular flexibility index (Phi) is 4.48. The van der Waals surface area contributed by atoms with Crippen LogP contribution in [0.1, 0.15) is 13.8 Å². The standard InChI is InChI=1S/C32H18O6/c1-15(33)37-17-9-11-19-25(13-17)31(35)23-7-3-6-22-28-20-12-10-18(38-16(2)34)14-26(20)32(36)24-8-4-5-21(30(24)28)27(19)29(22)23/h3-14H,1-2H3. The van der Waals surface area contributed by atoms with Crippen molar-refractivity contribution in [3.63, 3.8) is 0 Å². The van der Waals surface area contributed by atoms with E-state index in [1.165, 1.54) is 13.8 Å². The van der Waals surface area contributed by atoms with Crippen LogP contribution in [0.25, 0.3) is 64.6 Å². The zero-order valence-electron chi connectivity index (χ0n) is 20.4. The van der Waals surface area contributed by atoms with Crippen molar-refractivity contribution < 1.29 is 19.1 Å². The second kappa shape index (κ2) is 7.70. The van der Waals surface area contributed by atoms with E-state index in [1.54, 1.807) is 48.5 Å². The van der Waals surface area contributed by atoms with Gasteiger partial charge in [-0.05, 0) is 68.7 Å². The molecule has 0 fully saturated rings. The molecule has 0 amide bonds. The molecule has 182 valence electrons. The van der Waals surface area contributed by atoms with Crippen molar-refractivity contribution in [2.24, 2.45) is 0 Å². The van der Waals surface area contributed by atoms with Gasteiger partial charge in [0.2, 0.25) is 0 Å². The lowest BCUT2D eigenvalue weighted by Gasteiger charge is -2.18. The van der Waals surface area contributed by atoms with Crippen LogP contribution < -0.4 is 20.3 Å². The van der Waals surface area contributed by atoms with E-state index in [4.69, 9.17) is 9.47 Å². The number of ether oxygens (including phenoxy) is 2. The van der Waals surface area contributed by atoms with E-state index in [1.807, 2.05) is 24.3 Å². The van der Waals surface area contributed by atoms with Crippen LogP contribution in [0.3, 0.4) is 0 Å². The molecule has 0 radical (unpaired) electrons. The predicted molar refractivity (Wildman–Crippen MR) is 149 cm³/mol. The fraction of sp³-hybridized carbons (Fsp3) is 0.0625. The van der Waals surface area contributed by atoms with E-state index < -0.39 is 11.9 Å². The molecule has 7 aromatic carbocycles. The maximum atomic E-state index is 13.8. The van der Waals surface area contributed by atoms with Gasteiger partial charge in [-0.1, -0.05) is 36.4 Å². The lowest BCUT2D eigenvalue weighted by atomic mass is 9.85. The number of rotatable bonds is 2. The molecule has 0 aliphatic rings. The summed E-state index contributed by atoms with van der Waals surface area (Å²) in [6.07, 6.45) is 0. The van der Waals surface area contributed by atoms with Gasteiger partial charge in [0.1, 0.15) is 11.5 Å². The van der Waals surface area contributed by atoms with E-state index in [0.717, 1.165) is 43.1 Å². The third-order valence-electron chi connectivity index (χ3n) is 7.19. The Morgan fingerprint density at radius 3 is 1.24 bits per heavy atom. The number of carbonyl (C=O) groups excluding carboxylic acids is 2. The normalized spacial score (nSPS) is 11.8. The first kappa shape index (κ1) is 22.1. The van der Waals surface area contributed by atoms with Crippen LogP contribution >= 0.6 is 0 Å². The molecule has 0 heterocycles. The second-order valence-electron chi connectivity index (χ2n) is 9.47. The molecule has 0 saturated carbocycles. The summed E-state index contributed by atoms with van der Waals surface area (Å²) in [6, 6.07) is 21.4. The Balaban J connectivity index is 1.76. The first-order valence-electron chi connectivity index (χ1n) is 12.1. The minimum absolute atomic E-state index is 0.160.